The molecule has 84 valence electrons. The quantitative estimate of drug-likeness (QED) is 0.307. The van der Waals surface area contributed by atoms with Crippen molar-refractivity contribution in [1.82, 2.24) is 5.48 Å². The summed E-state index contributed by atoms with van der Waals surface area (Å²) >= 11 is 6.49. The number of thiocarbonyl (C=S) groups is 1. The first kappa shape index (κ1) is 14.1. The van der Waals surface area contributed by atoms with Gasteiger partial charge in [-0.2, -0.15) is 20.2 Å². The summed E-state index contributed by atoms with van der Waals surface area (Å²) in [5.41, 5.74) is 1.99. The van der Waals surface area contributed by atoms with Crippen molar-refractivity contribution in [3.8, 4) is 0 Å². The van der Waals surface area contributed by atoms with Gasteiger partial charge in [0, 0.05) is 0 Å². The molecule has 0 aromatic carbocycles. The molecular weight excluding hydrogens is 246 g/mol. The SMILES string of the molecule is CSCCCCC(=S)NOS(=O)(=O)O. The minimum absolute atomic E-state index is 0.267. The van der Waals surface area contributed by atoms with Crippen LogP contribution in [0.25, 0.3) is 0 Å². The third-order valence-corrected chi connectivity index (χ3v) is 2.54. The molecule has 5 nitrogen and oxygen atoms in total. The number of unbranched alkanes of at least 4 members (excludes halogenated alkanes) is 1. The number of hydrogen-bond acceptors (Lipinski definition) is 5. The highest BCUT2D eigenvalue weighted by molar-refractivity contribution is 7.98. The van der Waals surface area contributed by atoms with Crippen LogP contribution in [-0.4, -0.2) is 30.0 Å². The topological polar surface area (TPSA) is 75.6 Å². The van der Waals surface area contributed by atoms with E-state index in [2.05, 4.69) is 4.28 Å². The Hall–Kier alpha value is 0.110. The lowest BCUT2D eigenvalue weighted by Gasteiger charge is -2.04. The first-order valence-electron chi connectivity index (χ1n) is 3.89. The second kappa shape index (κ2) is 7.41. The molecule has 0 aromatic heterocycles. The third-order valence-electron chi connectivity index (χ3n) is 1.26. The number of nitrogens with one attached hydrogen (secondary N) is 1. The lowest BCUT2D eigenvalue weighted by molar-refractivity contribution is 0.227. The van der Waals surface area contributed by atoms with E-state index in [9.17, 15) is 8.42 Å². The standard InChI is InChI=1S/C6H13NO4S3/c1-13-5-3-2-4-6(12)7-11-14(8,9)10/h2-5H2,1H3,(H,7,12)(H,8,9,10). The van der Waals surface area contributed by atoms with Crippen LogP contribution in [0.1, 0.15) is 19.3 Å². The molecule has 0 aromatic rings. The maximum Gasteiger partial charge on any atom is 0.418 e. The summed E-state index contributed by atoms with van der Waals surface area (Å²) in [6.07, 6.45) is 4.43. The molecule has 14 heavy (non-hydrogen) atoms. The Morgan fingerprint density at radius 3 is 2.71 bits per heavy atom. The third kappa shape index (κ3) is 10.2. The van der Waals surface area contributed by atoms with Gasteiger partial charge < -0.3 is 0 Å². The van der Waals surface area contributed by atoms with Crippen molar-refractivity contribution in [3.05, 3.63) is 0 Å². The first-order chi connectivity index (χ1) is 6.45. The van der Waals surface area contributed by atoms with Crippen molar-refractivity contribution in [2.45, 2.75) is 19.3 Å². The molecule has 0 radical (unpaired) electrons. The monoisotopic (exact) mass is 259 g/mol. The van der Waals surface area contributed by atoms with Crippen LogP contribution in [0, 0.1) is 0 Å². The van der Waals surface area contributed by atoms with E-state index in [1.54, 1.807) is 11.8 Å². The molecule has 0 atom stereocenters. The molecule has 0 spiro atoms. The molecular formula is C6H13NO4S3. The van der Waals surface area contributed by atoms with Gasteiger partial charge in [-0.05, 0) is 31.3 Å². The predicted molar refractivity (Wildman–Crippen MR) is 60.6 cm³/mol. The lowest BCUT2D eigenvalue weighted by Crippen LogP contribution is -2.25. The summed E-state index contributed by atoms with van der Waals surface area (Å²) in [7, 11) is -4.46. The van der Waals surface area contributed by atoms with Crippen LogP contribution < -0.4 is 5.48 Å². The van der Waals surface area contributed by atoms with E-state index in [0.717, 1.165) is 18.6 Å². The summed E-state index contributed by atoms with van der Waals surface area (Å²) < 4.78 is 32.3. The Bertz CT molecular complexity index is 264. The van der Waals surface area contributed by atoms with E-state index in [1.807, 2.05) is 11.7 Å². The molecule has 0 amide bonds. The van der Waals surface area contributed by atoms with Crippen LogP contribution >= 0.6 is 24.0 Å². The van der Waals surface area contributed by atoms with Gasteiger partial charge in [0.2, 0.25) is 0 Å². The fourth-order valence-corrected chi connectivity index (χ4v) is 1.62. The highest BCUT2D eigenvalue weighted by Crippen LogP contribution is 2.02. The molecule has 0 bridgehead atoms. The number of rotatable bonds is 7. The van der Waals surface area contributed by atoms with Gasteiger partial charge in [0.25, 0.3) is 0 Å². The molecule has 0 aliphatic carbocycles. The van der Waals surface area contributed by atoms with Crippen LogP contribution in [0.2, 0.25) is 0 Å². The Morgan fingerprint density at radius 1 is 1.57 bits per heavy atom. The zero-order valence-corrected chi connectivity index (χ0v) is 10.2. The molecule has 0 saturated carbocycles. The van der Waals surface area contributed by atoms with Crippen molar-refractivity contribution in [2.24, 2.45) is 0 Å². The maximum absolute atomic E-state index is 10.1. The van der Waals surface area contributed by atoms with Gasteiger partial charge in [0.15, 0.2) is 0 Å². The lowest BCUT2D eigenvalue weighted by atomic mass is 10.2. The fourth-order valence-electron chi connectivity index (χ4n) is 0.682. The molecule has 0 aliphatic heterocycles. The van der Waals surface area contributed by atoms with Crippen molar-refractivity contribution in [1.29, 1.82) is 0 Å². The zero-order valence-electron chi connectivity index (χ0n) is 7.73. The van der Waals surface area contributed by atoms with Crippen molar-refractivity contribution in [2.75, 3.05) is 12.0 Å². The Balaban J connectivity index is 3.47. The van der Waals surface area contributed by atoms with E-state index >= 15 is 0 Å². The van der Waals surface area contributed by atoms with E-state index in [-0.39, 0.29) is 4.99 Å². The fraction of sp³-hybridized carbons (Fsp3) is 0.833. The van der Waals surface area contributed by atoms with Crippen molar-refractivity contribution >= 4 is 39.4 Å². The van der Waals surface area contributed by atoms with Crippen LogP contribution in [0.3, 0.4) is 0 Å². The zero-order chi connectivity index (χ0) is 11.0. The Labute approximate surface area is 93.5 Å². The molecule has 0 rings (SSSR count). The molecule has 0 saturated heterocycles. The first-order valence-corrected chi connectivity index (χ1v) is 7.06. The smallest absolute Gasteiger partial charge is 0.262 e. The molecule has 0 unspecified atom stereocenters. The van der Waals surface area contributed by atoms with E-state index in [4.69, 9.17) is 16.8 Å². The van der Waals surface area contributed by atoms with E-state index < -0.39 is 10.4 Å². The average Bonchev–Trinajstić information content (AvgIpc) is 2.08. The number of hydrogen-bond donors (Lipinski definition) is 2. The van der Waals surface area contributed by atoms with Crippen molar-refractivity contribution in [3.63, 3.8) is 0 Å². The molecule has 0 aliphatic rings. The highest BCUT2D eigenvalue weighted by atomic mass is 32.3. The predicted octanol–water partition coefficient (Wildman–Crippen LogP) is 1.17. The normalized spacial score (nSPS) is 11.3. The molecule has 0 fully saturated rings. The molecule has 8 heteroatoms. The van der Waals surface area contributed by atoms with Gasteiger partial charge in [0.1, 0.15) is 4.99 Å². The van der Waals surface area contributed by atoms with Crippen LogP contribution in [-0.2, 0) is 14.7 Å². The maximum atomic E-state index is 10.1. The Kier molecular flexibility index (Phi) is 7.47. The van der Waals surface area contributed by atoms with Crippen LogP contribution in [0.5, 0.6) is 0 Å². The van der Waals surface area contributed by atoms with Gasteiger partial charge in [-0.15, -0.1) is 4.28 Å². The molecule has 2 N–H and O–H groups in total. The minimum Gasteiger partial charge on any atom is -0.262 e. The Morgan fingerprint density at radius 2 is 2.21 bits per heavy atom. The van der Waals surface area contributed by atoms with Gasteiger partial charge in [-0.3, -0.25) is 4.55 Å². The largest absolute Gasteiger partial charge is 0.418 e. The summed E-state index contributed by atoms with van der Waals surface area (Å²) in [6, 6.07) is 0. The number of thioether (sulfide) groups is 1. The van der Waals surface area contributed by atoms with Gasteiger partial charge in [0.05, 0.1) is 0 Å². The van der Waals surface area contributed by atoms with E-state index in [0.29, 0.717) is 6.42 Å². The van der Waals surface area contributed by atoms with E-state index in [1.165, 1.54) is 0 Å². The summed E-state index contributed by atoms with van der Waals surface area (Å²) in [6.45, 7) is 0. The second-order valence-corrected chi connectivity index (χ2v) is 4.99. The summed E-state index contributed by atoms with van der Waals surface area (Å²) in [5, 5.41) is 0. The van der Waals surface area contributed by atoms with Gasteiger partial charge in [-0.25, -0.2) is 5.48 Å². The molecule has 0 heterocycles. The highest BCUT2D eigenvalue weighted by Gasteiger charge is 2.05. The van der Waals surface area contributed by atoms with Gasteiger partial charge >= 0.3 is 10.4 Å². The average molecular weight is 259 g/mol. The summed E-state index contributed by atoms with van der Waals surface area (Å²) in [5.74, 6) is 1.04. The number of hydroxylamine groups is 1. The van der Waals surface area contributed by atoms with Crippen molar-refractivity contribution < 1.29 is 17.3 Å². The minimum atomic E-state index is -4.46. The second-order valence-electron chi connectivity index (χ2n) is 2.49. The van der Waals surface area contributed by atoms with Crippen LogP contribution in [0.4, 0.5) is 0 Å². The van der Waals surface area contributed by atoms with Crippen LogP contribution in [0.15, 0.2) is 0 Å². The van der Waals surface area contributed by atoms with Gasteiger partial charge in [-0.1, -0.05) is 12.2 Å². The summed E-state index contributed by atoms with van der Waals surface area (Å²) in [4.78, 5) is 0.267.